The molecule has 0 unspecified atom stereocenters. The minimum Gasteiger partial charge on any atom is -0.497 e. The zero-order valence-electron chi connectivity index (χ0n) is 18.3. The van der Waals surface area contributed by atoms with Gasteiger partial charge in [-0.3, -0.25) is 9.69 Å². The standard InChI is InChI=1S/C25H31N3O3/c1-27-18-23(21-5-3-4-6-24(21)27)22(19-7-9-20(30-2)10-8-19)17-25(29)26-11-12-28-13-15-31-16-14-28/h3-10,18,22H,11-17H2,1-2H3,(H,26,29)/t22-/m0/s1. The second-order valence-corrected chi connectivity index (χ2v) is 8.05. The van der Waals surface area contributed by atoms with Crippen LogP contribution < -0.4 is 10.1 Å². The first-order valence-electron chi connectivity index (χ1n) is 10.9. The summed E-state index contributed by atoms with van der Waals surface area (Å²) in [7, 11) is 3.72. The Hall–Kier alpha value is -2.83. The highest BCUT2D eigenvalue weighted by Crippen LogP contribution is 2.35. The van der Waals surface area contributed by atoms with Crippen molar-refractivity contribution < 1.29 is 14.3 Å². The largest absolute Gasteiger partial charge is 0.497 e. The molecule has 0 saturated carbocycles. The summed E-state index contributed by atoms with van der Waals surface area (Å²) in [6.45, 7) is 4.92. The Morgan fingerprint density at radius 2 is 1.87 bits per heavy atom. The molecular weight excluding hydrogens is 390 g/mol. The van der Waals surface area contributed by atoms with Gasteiger partial charge in [0.25, 0.3) is 0 Å². The molecule has 1 amide bonds. The van der Waals surface area contributed by atoms with E-state index < -0.39 is 0 Å². The van der Waals surface area contributed by atoms with Gasteiger partial charge in [0.05, 0.1) is 20.3 Å². The van der Waals surface area contributed by atoms with E-state index in [1.807, 2.05) is 18.2 Å². The summed E-state index contributed by atoms with van der Waals surface area (Å²) in [5, 5.41) is 4.31. The van der Waals surface area contributed by atoms with Crippen LogP contribution in [0.4, 0.5) is 0 Å². The van der Waals surface area contributed by atoms with E-state index in [1.54, 1.807) is 7.11 Å². The first-order valence-corrected chi connectivity index (χ1v) is 10.9. The van der Waals surface area contributed by atoms with Crippen LogP contribution in [0.5, 0.6) is 5.75 Å². The van der Waals surface area contributed by atoms with Gasteiger partial charge in [-0.25, -0.2) is 0 Å². The van der Waals surface area contributed by atoms with E-state index in [0.717, 1.165) is 44.2 Å². The molecule has 0 bridgehead atoms. The smallest absolute Gasteiger partial charge is 0.220 e. The number of hydrogen-bond donors (Lipinski definition) is 1. The average Bonchev–Trinajstić information content (AvgIpc) is 3.15. The number of carbonyl (C=O) groups is 1. The molecule has 2 aromatic carbocycles. The number of ether oxygens (including phenoxy) is 2. The summed E-state index contributed by atoms with van der Waals surface area (Å²) in [6.07, 6.45) is 2.56. The van der Waals surface area contributed by atoms with Gasteiger partial charge in [0.1, 0.15) is 5.75 Å². The molecule has 6 heteroatoms. The Labute approximate surface area is 183 Å². The minimum atomic E-state index is -0.0274. The molecular formula is C25H31N3O3. The molecule has 6 nitrogen and oxygen atoms in total. The lowest BCUT2D eigenvalue weighted by Crippen LogP contribution is -2.41. The molecule has 164 valence electrons. The zero-order chi connectivity index (χ0) is 21.6. The number of aryl methyl sites for hydroxylation is 1. The number of rotatable bonds is 8. The molecule has 1 saturated heterocycles. The van der Waals surface area contributed by atoms with E-state index in [9.17, 15) is 4.79 Å². The lowest BCUT2D eigenvalue weighted by atomic mass is 9.88. The van der Waals surface area contributed by atoms with Crippen LogP contribution in [0.25, 0.3) is 10.9 Å². The summed E-state index contributed by atoms with van der Waals surface area (Å²) >= 11 is 0. The number of morpholine rings is 1. The second-order valence-electron chi connectivity index (χ2n) is 8.05. The Kier molecular flexibility index (Phi) is 6.89. The third-order valence-corrected chi connectivity index (χ3v) is 6.06. The average molecular weight is 422 g/mol. The second kappa shape index (κ2) is 9.98. The van der Waals surface area contributed by atoms with Crippen molar-refractivity contribution in [1.29, 1.82) is 0 Å². The maximum atomic E-state index is 12.9. The monoisotopic (exact) mass is 421 g/mol. The van der Waals surface area contributed by atoms with E-state index in [4.69, 9.17) is 9.47 Å². The van der Waals surface area contributed by atoms with Crippen LogP contribution in [0, 0.1) is 0 Å². The van der Waals surface area contributed by atoms with Crippen molar-refractivity contribution in [3.8, 4) is 5.75 Å². The number of fused-ring (bicyclic) bond motifs is 1. The molecule has 1 aromatic heterocycles. The van der Waals surface area contributed by atoms with Crippen LogP contribution in [0.15, 0.2) is 54.7 Å². The molecule has 3 aromatic rings. The summed E-state index contributed by atoms with van der Waals surface area (Å²) in [5.41, 5.74) is 3.45. The molecule has 2 heterocycles. The molecule has 0 aliphatic carbocycles. The van der Waals surface area contributed by atoms with Gasteiger partial charge < -0.3 is 19.4 Å². The van der Waals surface area contributed by atoms with E-state index >= 15 is 0 Å². The normalized spacial score (nSPS) is 15.7. The molecule has 1 N–H and O–H groups in total. The van der Waals surface area contributed by atoms with Gasteiger partial charge in [0.15, 0.2) is 0 Å². The van der Waals surface area contributed by atoms with Gasteiger partial charge in [-0.15, -0.1) is 0 Å². The molecule has 0 radical (unpaired) electrons. The number of para-hydroxylation sites is 1. The molecule has 1 fully saturated rings. The lowest BCUT2D eigenvalue weighted by Gasteiger charge is -2.26. The first-order chi connectivity index (χ1) is 15.2. The van der Waals surface area contributed by atoms with Crippen molar-refractivity contribution >= 4 is 16.8 Å². The van der Waals surface area contributed by atoms with E-state index in [0.29, 0.717) is 13.0 Å². The summed E-state index contributed by atoms with van der Waals surface area (Å²) in [6, 6.07) is 16.4. The fraction of sp³-hybridized carbons (Fsp3) is 0.400. The number of amides is 1. The quantitative estimate of drug-likeness (QED) is 0.607. The van der Waals surface area contributed by atoms with Crippen LogP contribution in [-0.4, -0.2) is 61.9 Å². The zero-order valence-corrected chi connectivity index (χ0v) is 18.3. The Balaban J connectivity index is 1.52. The fourth-order valence-corrected chi connectivity index (χ4v) is 4.33. The highest BCUT2D eigenvalue weighted by atomic mass is 16.5. The van der Waals surface area contributed by atoms with Crippen LogP contribution in [0.2, 0.25) is 0 Å². The Morgan fingerprint density at radius 1 is 1.13 bits per heavy atom. The van der Waals surface area contributed by atoms with Gasteiger partial charge >= 0.3 is 0 Å². The molecule has 0 spiro atoms. The van der Waals surface area contributed by atoms with Gasteiger partial charge in [-0.1, -0.05) is 30.3 Å². The van der Waals surface area contributed by atoms with Crippen LogP contribution in [0.3, 0.4) is 0 Å². The molecule has 1 atom stereocenters. The highest BCUT2D eigenvalue weighted by molar-refractivity contribution is 5.86. The van der Waals surface area contributed by atoms with Crippen molar-refractivity contribution in [2.75, 3.05) is 46.5 Å². The van der Waals surface area contributed by atoms with Crippen molar-refractivity contribution in [2.45, 2.75) is 12.3 Å². The number of methoxy groups -OCH3 is 1. The topological polar surface area (TPSA) is 55.7 Å². The van der Waals surface area contributed by atoms with Crippen LogP contribution in [0.1, 0.15) is 23.5 Å². The fourth-order valence-electron chi connectivity index (χ4n) is 4.33. The van der Waals surface area contributed by atoms with E-state index in [1.165, 1.54) is 16.5 Å². The molecule has 1 aliphatic rings. The van der Waals surface area contributed by atoms with Gasteiger partial charge in [-0.2, -0.15) is 0 Å². The highest BCUT2D eigenvalue weighted by Gasteiger charge is 2.22. The number of hydrogen-bond acceptors (Lipinski definition) is 4. The van der Waals surface area contributed by atoms with Crippen molar-refractivity contribution in [1.82, 2.24) is 14.8 Å². The van der Waals surface area contributed by atoms with Crippen molar-refractivity contribution in [3.05, 3.63) is 65.9 Å². The lowest BCUT2D eigenvalue weighted by molar-refractivity contribution is -0.121. The van der Waals surface area contributed by atoms with Gasteiger partial charge in [0.2, 0.25) is 5.91 Å². The maximum absolute atomic E-state index is 12.9. The van der Waals surface area contributed by atoms with Gasteiger partial charge in [0, 0.05) is 62.7 Å². The predicted octanol–water partition coefficient (Wildman–Crippen LogP) is 3.16. The molecule has 31 heavy (non-hydrogen) atoms. The number of aromatic nitrogens is 1. The third kappa shape index (κ3) is 5.09. The number of nitrogens with one attached hydrogen (secondary N) is 1. The van der Waals surface area contributed by atoms with Crippen molar-refractivity contribution in [3.63, 3.8) is 0 Å². The summed E-state index contributed by atoms with van der Waals surface area (Å²) in [4.78, 5) is 15.3. The third-order valence-electron chi connectivity index (χ3n) is 6.06. The summed E-state index contributed by atoms with van der Waals surface area (Å²) < 4.78 is 12.9. The van der Waals surface area contributed by atoms with E-state index in [2.05, 4.69) is 58.4 Å². The SMILES string of the molecule is COc1ccc([C@H](CC(=O)NCCN2CCOCC2)c2cn(C)c3ccccc23)cc1. The first kappa shape index (κ1) is 21.4. The molecule has 1 aliphatic heterocycles. The van der Waals surface area contributed by atoms with Crippen LogP contribution in [-0.2, 0) is 16.6 Å². The Morgan fingerprint density at radius 3 is 2.61 bits per heavy atom. The maximum Gasteiger partial charge on any atom is 0.220 e. The predicted molar refractivity (Wildman–Crippen MR) is 123 cm³/mol. The summed E-state index contributed by atoms with van der Waals surface area (Å²) in [5.74, 6) is 0.859. The van der Waals surface area contributed by atoms with E-state index in [-0.39, 0.29) is 11.8 Å². The molecule has 4 rings (SSSR count). The van der Waals surface area contributed by atoms with Crippen LogP contribution >= 0.6 is 0 Å². The Bertz CT molecular complexity index is 1010. The number of carbonyl (C=O) groups excluding carboxylic acids is 1. The number of benzene rings is 2. The van der Waals surface area contributed by atoms with Gasteiger partial charge in [-0.05, 0) is 29.3 Å². The van der Waals surface area contributed by atoms with Crippen molar-refractivity contribution in [2.24, 2.45) is 7.05 Å². The minimum absolute atomic E-state index is 0.0274. The number of nitrogens with zero attached hydrogens (tertiary/aromatic N) is 2.